The van der Waals surface area contributed by atoms with E-state index in [1.165, 1.54) is 16.9 Å². The Bertz CT molecular complexity index is 542. The fourth-order valence-corrected chi connectivity index (χ4v) is 3.23. The number of nitrogens with one attached hydrogen (secondary N) is 1. The van der Waals surface area contributed by atoms with Crippen molar-refractivity contribution in [3.05, 3.63) is 39.7 Å². The van der Waals surface area contributed by atoms with E-state index < -0.39 is 0 Å². The fourth-order valence-electron chi connectivity index (χ4n) is 2.23. The largest absolute Gasteiger partial charge is 0.486 e. The molecule has 3 nitrogen and oxygen atoms in total. The zero-order chi connectivity index (χ0) is 13.1. The first kappa shape index (κ1) is 12.5. The highest BCUT2D eigenvalue weighted by Gasteiger charge is 2.14. The zero-order valence-corrected chi connectivity index (χ0v) is 11.9. The van der Waals surface area contributed by atoms with Crippen molar-refractivity contribution in [2.45, 2.75) is 32.8 Å². The Balaban J connectivity index is 1.66. The van der Waals surface area contributed by atoms with Gasteiger partial charge < -0.3 is 10.1 Å². The minimum atomic E-state index is 0.562. The average molecular weight is 274 g/mol. The molecule has 1 N–H and O–H groups in total. The molecule has 0 unspecified atom stereocenters. The predicted octanol–water partition coefficient (Wildman–Crippen LogP) is 3.64. The highest BCUT2D eigenvalue weighted by molar-refractivity contribution is 7.12. The molecule has 3 rings (SSSR count). The summed E-state index contributed by atoms with van der Waals surface area (Å²) in [7, 11) is 0. The van der Waals surface area contributed by atoms with Crippen LogP contribution in [-0.4, -0.2) is 11.5 Å². The highest BCUT2D eigenvalue weighted by atomic mass is 32.1. The summed E-state index contributed by atoms with van der Waals surface area (Å²) >= 11 is 1.77. The molecule has 1 aromatic carbocycles. The number of nitrogens with zero attached hydrogens (tertiary/aromatic N) is 1. The van der Waals surface area contributed by atoms with Gasteiger partial charge in [0, 0.05) is 11.4 Å². The summed E-state index contributed by atoms with van der Waals surface area (Å²) in [6.45, 7) is 3.75. The third-order valence-corrected chi connectivity index (χ3v) is 4.37. The summed E-state index contributed by atoms with van der Waals surface area (Å²) < 4.78 is 5.83. The molecular weight excluding hydrogens is 256 g/mol. The van der Waals surface area contributed by atoms with E-state index in [1.807, 2.05) is 12.1 Å². The van der Waals surface area contributed by atoms with E-state index >= 15 is 0 Å². The summed E-state index contributed by atoms with van der Waals surface area (Å²) in [4.78, 5) is 5.96. The van der Waals surface area contributed by atoms with E-state index in [2.05, 4.69) is 29.4 Å². The summed E-state index contributed by atoms with van der Waals surface area (Å²) in [5, 5.41) is 4.40. The normalized spacial score (nSPS) is 13.7. The van der Waals surface area contributed by atoms with E-state index in [9.17, 15) is 0 Å². The first-order chi connectivity index (χ1) is 9.35. The third-order valence-electron chi connectivity index (χ3n) is 3.28. The van der Waals surface area contributed by atoms with Crippen LogP contribution in [0.3, 0.4) is 0 Å². The molecule has 0 radical (unpaired) electrons. The van der Waals surface area contributed by atoms with Crippen LogP contribution in [0.25, 0.3) is 0 Å². The number of hydrogen-bond donors (Lipinski definition) is 1. The smallest absolute Gasteiger partial charge is 0.140 e. The topological polar surface area (TPSA) is 34.1 Å². The molecule has 2 aromatic rings. The number of thiazole rings is 1. The number of rotatable bonds is 4. The van der Waals surface area contributed by atoms with Crippen molar-refractivity contribution < 1.29 is 4.74 Å². The lowest BCUT2D eigenvalue weighted by molar-refractivity contribution is 0.305. The van der Waals surface area contributed by atoms with E-state index in [-0.39, 0.29) is 0 Å². The maximum absolute atomic E-state index is 5.83. The Hall–Kier alpha value is -1.55. The number of aryl methyl sites for hydroxylation is 2. The van der Waals surface area contributed by atoms with Crippen LogP contribution in [0.1, 0.15) is 28.8 Å². The second-order valence-corrected chi connectivity index (χ2v) is 5.87. The molecule has 0 saturated heterocycles. The van der Waals surface area contributed by atoms with Crippen molar-refractivity contribution in [3.63, 3.8) is 0 Å². The van der Waals surface area contributed by atoms with Crippen LogP contribution < -0.4 is 10.1 Å². The number of ether oxygens (including phenoxy) is 1. The lowest BCUT2D eigenvalue weighted by Crippen LogP contribution is -2.10. The van der Waals surface area contributed by atoms with Gasteiger partial charge in [0.15, 0.2) is 0 Å². The molecule has 19 heavy (non-hydrogen) atoms. The molecule has 0 bridgehead atoms. The Labute approximate surface area is 117 Å². The standard InChI is InChI=1S/C15H18N2OS/c1-2-11-5-3-6-12(9-11)18-10-14-17-15-13(19-14)7-4-8-16-15/h3,5-6,9,16H,2,4,7-8,10H2,1H3. The molecule has 0 aliphatic carbocycles. The Morgan fingerprint density at radius 2 is 2.37 bits per heavy atom. The van der Waals surface area contributed by atoms with Crippen LogP contribution in [0.5, 0.6) is 5.75 Å². The number of fused-ring (bicyclic) bond motifs is 1. The Kier molecular flexibility index (Phi) is 3.69. The lowest BCUT2D eigenvalue weighted by Gasteiger charge is -2.10. The van der Waals surface area contributed by atoms with Gasteiger partial charge in [0.2, 0.25) is 0 Å². The molecule has 0 saturated carbocycles. The Morgan fingerprint density at radius 1 is 1.42 bits per heavy atom. The second-order valence-electron chi connectivity index (χ2n) is 4.70. The summed E-state index contributed by atoms with van der Waals surface area (Å²) in [5.74, 6) is 2.00. The van der Waals surface area contributed by atoms with Gasteiger partial charge in [-0.3, -0.25) is 0 Å². The minimum absolute atomic E-state index is 0.562. The maximum Gasteiger partial charge on any atom is 0.140 e. The number of hydrogen-bond acceptors (Lipinski definition) is 4. The summed E-state index contributed by atoms with van der Waals surface area (Å²) in [6.07, 6.45) is 3.38. The fraction of sp³-hybridized carbons (Fsp3) is 0.400. The van der Waals surface area contributed by atoms with Crippen LogP contribution in [0.4, 0.5) is 5.82 Å². The molecule has 1 aromatic heterocycles. The third kappa shape index (κ3) is 2.89. The molecule has 1 aliphatic heterocycles. The van der Waals surface area contributed by atoms with Crippen molar-refractivity contribution in [1.82, 2.24) is 4.98 Å². The lowest BCUT2D eigenvalue weighted by atomic mass is 10.2. The van der Waals surface area contributed by atoms with Gasteiger partial charge in [-0.05, 0) is 37.0 Å². The molecule has 0 amide bonds. The van der Waals surface area contributed by atoms with Crippen molar-refractivity contribution in [1.29, 1.82) is 0 Å². The first-order valence-corrected chi connectivity index (χ1v) is 7.61. The molecular formula is C15H18N2OS. The van der Waals surface area contributed by atoms with Crippen molar-refractivity contribution in [2.24, 2.45) is 0 Å². The van der Waals surface area contributed by atoms with Gasteiger partial charge in [-0.15, -0.1) is 11.3 Å². The molecule has 2 heterocycles. The van der Waals surface area contributed by atoms with Crippen LogP contribution >= 0.6 is 11.3 Å². The van der Waals surface area contributed by atoms with E-state index in [1.54, 1.807) is 11.3 Å². The highest BCUT2D eigenvalue weighted by Crippen LogP contribution is 2.28. The van der Waals surface area contributed by atoms with Crippen LogP contribution in [0, 0.1) is 0 Å². The van der Waals surface area contributed by atoms with Gasteiger partial charge in [-0.1, -0.05) is 19.1 Å². The van der Waals surface area contributed by atoms with Gasteiger partial charge in [0.25, 0.3) is 0 Å². The molecule has 0 fully saturated rings. The van der Waals surface area contributed by atoms with Crippen molar-refractivity contribution >= 4 is 17.2 Å². The number of aromatic nitrogens is 1. The van der Waals surface area contributed by atoms with Gasteiger partial charge in [0.1, 0.15) is 23.2 Å². The van der Waals surface area contributed by atoms with Crippen molar-refractivity contribution in [2.75, 3.05) is 11.9 Å². The SMILES string of the molecule is CCc1cccc(OCc2nc3c(s2)CCCN3)c1. The average Bonchev–Trinajstić information content (AvgIpc) is 2.88. The molecule has 1 aliphatic rings. The molecule has 0 spiro atoms. The molecule has 4 heteroatoms. The second kappa shape index (κ2) is 5.61. The van der Waals surface area contributed by atoms with Gasteiger partial charge in [0.05, 0.1) is 0 Å². The van der Waals surface area contributed by atoms with Crippen molar-refractivity contribution in [3.8, 4) is 5.75 Å². The maximum atomic E-state index is 5.83. The van der Waals surface area contributed by atoms with Gasteiger partial charge >= 0.3 is 0 Å². The van der Waals surface area contributed by atoms with Crippen LogP contribution in [-0.2, 0) is 19.4 Å². The quantitative estimate of drug-likeness (QED) is 0.924. The monoisotopic (exact) mass is 274 g/mol. The van der Waals surface area contributed by atoms with E-state index in [4.69, 9.17) is 4.74 Å². The number of anilines is 1. The first-order valence-electron chi connectivity index (χ1n) is 6.79. The molecule has 0 atom stereocenters. The Morgan fingerprint density at radius 3 is 3.21 bits per heavy atom. The van der Waals surface area contributed by atoms with Gasteiger partial charge in [-0.2, -0.15) is 0 Å². The number of benzene rings is 1. The zero-order valence-electron chi connectivity index (χ0n) is 11.1. The van der Waals surface area contributed by atoms with E-state index in [0.29, 0.717) is 6.61 Å². The molecule has 100 valence electrons. The van der Waals surface area contributed by atoms with Crippen LogP contribution in [0.2, 0.25) is 0 Å². The predicted molar refractivity (Wildman–Crippen MR) is 79.1 cm³/mol. The van der Waals surface area contributed by atoms with E-state index in [0.717, 1.165) is 36.0 Å². The van der Waals surface area contributed by atoms with Gasteiger partial charge in [-0.25, -0.2) is 4.98 Å². The summed E-state index contributed by atoms with van der Waals surface area (Å²) in [6, 6.07) is 8.28. The summed E-state index contributed by atoms with van der Waals surface area (Å²) in [5.41, 5.74) is 1.30. The minimum Gasteiger partial charge on any atom is -0.486 e. The van der Waals surface area contributed by atoms with Crippen LogP contribution in [0.15, 0.2) is 24.3 Å².